The second-order valence-electron chi connectivity index (χ2n) is 6.79. The Bertz CT molecular complexity index is 710. The molecule has 128 valence electrons. The first-order valence-electron chi connectivity index (χ1n) is 8.06. The number of urea groups is 1. The fraction of sp³-hybridized carbons (Fsp3) is 0.471. The maximum Gasteiger partial charge on any atom is 0.321 e. The summed E-state index contributed by atoms with van der Waals surface area (Å²) < 4.78 is 0. The quantitative estimate of drug-likeness (QED) is 0.777. The number of nitrogens with zero attached hydrogens (tertiary/aromatic N) is 2. The van der Waals surface area contributed by atoms with Gasteiger partial charge in [-0.1, -0.05) is 41.7 Å². The minimum Gasteiger partial charge on any atom is -0.388 e. The van der Waals surface area contributed by atoms with Crippen LogP contribution in [0.2, 0.25) is 0 Å². The standard InChI is InChI=1S/C17H22N4O2S/c1-16(2,12-7-4-3-5-8-12)13-20-21-15(24-13)19-14(22)18-11-17(23)9-6-10-17/h3-5,7-8,23H,6,9-11H2,1-2H3,(H2,18,19,21,22). The van der Waals surface area contributed by atoms with Crippen LogP contribution in [0, 0.1) is 0 Å². The van der Waals surface area contributed by atoms with Crippen LogP contribution in [0.25, 0.3) is 0 Å². The molecule has 0 atom stereocenters. The van der Waals surface area contributed by atoms with Gasteiger partial charge < -0.3 is 10.4 Å². The van der Waals surface area contributed by atoms with Gasteiger partial charge in [-0.05, 0) is 38.7 Å². The van der Waals surface area contributed by atoms with Gasteiger partial charge in [-0.15, -0.1) is 10.2 Å². The molecule has 1 aliphatic carbocycles. The first-order valence-corrected chi connectivity index (χ1v) is 8.87. The molecule has 2 amide bonds. The van der Waals surface area contributed by atoms with Crippen molar-refractivity contribution in [2.75, 3.05) is 11.9 Å². The number of carbonyl (C=O) groups excluding carboxylic acids is 1. The van der Waals surface area contributed by atoms with E-state index in [1.165, 1.54) is 11.3 Å². The molecule has 0 radical (unpaired) electrons. The lowest BCUT2D eigenvalue weighted by molar-refractivity contribution is -0.0287. The lowest BCUT2D eigenvalue weighted by Crippen LogP contribution is -2.48. The van der Waals surface area contributed by atoms with Crippen LogP contribution >= 0.6 is 11.3 Å². The minimum atomic E-state index is -0.737. The molecular formula is C17H22N4O2S. The molecule has 7 heteroatoms. The highest BCUT2D eigenvalue weighted by Gasteiger charge is 2.34. The summed E-state index contributed by atoms with van der Waals surface area (Å²) in [5.74, 6) is 0. The highest BCUT2D eigenvalue weighted by Crippen LogP contribution is 2.34. The van der Waals surface area contributed by atoms with Gasteiger partial charge in [0.25, 0.3) is 0 Å². The number of aliphatic hydroxyl groups is 1. The number of nitrogens with one attached hydrogen (secondary N) is 2. The molecule has 1 fully saturated rings. The second-order valence-corrected chi connectivity index (χ2v) is 7.77. The Balaban J connectivity index is 1.62. The largest absolute Gasteiger partial charge is 0.388 e. The molecule has 0 bridgehead atoms. The van der Waals surface area contributed by atoms with E-state index in [9.17, 15) is 9.90 Å². The molecule has 1 aromatic heterocycles. The number of carbonyl (C=O) groups is 1. The van der Waals surface area contributed by atoms with Gasteiger partial charge in [-0.2, -0.15) is 0 Å². The molecule has 0 spiro atoms. The van der Waals surface area contributed by atoms with Gasteiger partial charge in [-0.3, -0.25) is 5.32 Å². The third kappa shape index (κ3) is 3.57. The molecule has 1 saturated carbocycles. The summed E-state index contributed by atoms with van der Waals surface area (Å²) in [5, 5.41) is 25.0. The van der Waals surface area contributed by atoms with Gasteiger partial charge in [0.15, 0.2) is 0 Å². The smallest absolute Gasteiger partial charge is 0.321 e. The maximum absolute atomic E-state index is 11.9. The van der Waals surface area contributed by atoms with E-state index in [2.05, 4.69) is 46.8 Å². The SMILES string of the molecule is CC(C)(c1ccccc1)c1nnc(NC(=O)NCC2(O)CCC2)s1. The molecule has 2 aromatic rings. The van der Waals surface area contributed by atoms with Gasteiger partial charge in [0.1, 0.15) is 5.01 Å². The van der Waals surface area contributed by atoms with Crippen LogP contribution in [-0.2, 0) is 5.41 Å². The zero-order chi connectivity index (χ0) is 17.2. The summed E-state index contributed by atoms with van der Waals surface area (Å²) in [6.45, 7) is 4.43. The molecule has 0 aliphatic heterocycles. The summed E-state index contributed by atoms with van der Waals surface area (Å²) in [6, 6.07) is 9.72. The number of aromatic nitrogens is 2. The van der Waals surface area contributed by atoms with E-state index in [4.69, 9.17) is 0 Å². The third-order valence-electron chi connectivity index (χ3n) is 4.54. The fourth-order valence-corrected chi connectivity index (χ4v) is 3.52. The first kappa shape index (κ1) is 16.9. The predicted octanol–water partition coefficient (Wildman–Crippen LogP) is 2.90. The Hall–Kier alpha value is -1.99. The zero-order valence-corrected chi connectivity index (χ0v) is 14.7. The summed E-state index contributed by atoms with van der Waals surface area (Å²) in [4.78, 5) is 11.9. The molecule has 3 rings (SSSR count). The van der Waals surface area contributed by atoms with E-state index < -0.39 is 5.60 Å². The molecule has 0 saturated heterocycles. The third-order valence-corrected chi connectivity index (χ3v) is 5.70. The molecule has 24 heavy (non-hydrogen) atoms. The lowest BCUT2D eigenvalue weighted by Gasteiger charge is -2.36. The average molecular weight is 346 g/mol. The second kappa shape index (κ2) is 6.49. The van der Waals surface area contributed by atoms with Crippen LogP contribution in [-0.4, -0.2) is 33.5 Å². The van der Waals surface area contributed by atoms with Gasteiger partial charge in [0, 0.05) is 12.0 Å². The van der Waals surface area contributed by atoms with E-state index in [1.807, 2.05) is 18.2 Å². The van der Waals surface area contributed by atoms with E-state index in [0.29, 0.717) is 5.13 Å². The summed E-state index contributed by atoms with van der Waals surface area (Å²) in [5.41, 5.74) is 0.124. The predicted molar refractivity (Wildman–Crippen MR) is 94.3 cm³/mol. The van der Waals surface area contributed by atoms with E-state index in [1.54, 1.807) is 0 Å². The van der Waals surface area contributed by atoms with Crippen molar-refractivity contribution >= 4 is 22.5 Å². The molecule has 6 nitrogen and oxygen atoms in total. The van der Waals surface area contributed by atoms with Crippen molar-refractivity contribution in [3.05, 3.63) is 40.9 Å². The van der Waals surface area contributed by atoms with E-state index in [0.717, 1.165) is 29.8 Å². The molecule has 1 heterocycles. The molecule has 3 N–H and O–H groups in total. The van der Waals surface area contributed by atoms with Crippen molar-refractivity contribution in [1.82, 2.24) is 15.5 Å². The Kier molecular flexibility index (Phi) is 4.56. The number of hydrogen-bond donors (Lipinski definition) is 3. The monoisotopic (exact) mass is 346 g/mol. The van der Waals surface area contributed by atoms with Gasteiger partial charge in [0.2, 0.25) is 5.13 Å². The molecule has 1 aromatic carbocycles. The van der Waals surface area contributed by atoms with Crippen LogP contribution in [0.5, 0.6) is 0 Å². The molecule has 1 aliphatic rings. The van der Waals surface area contributed by atoms with Crippen LogP contribution < -0.4 is 10.6 Å². The topological polar surface area (TPSA) is 87.1 Å². The number of benzene rings is 1. The van der Waals surface area contributed by atoms with Gasteiger partial charge in [0.05, 0.1) is 5.60 Å². The summed E-state index contributed by atoms with van der Waals surface area (Å²) in [7, 11) is 0. The van der Waals surface area contributed by atoms with Crippen molar-refractivity contribution in [1.29, 1.82) is 0 Å². The number of anilines is 1. The Labute approximate surface area is 145 Å². The highest BCUT2D eigenvalue weighted by atomic mass is 32.1. The number of rotatable bonds is 5. The van der Waals surface area contributed by atoms with Crippen LogP contribution in [0.15, 0.2) is 30.3 Å². The minimum absolute atomic E-state index is 0.264. The van der Waals surface area contributed by atoms with Crippen LogP contribution in [0.4, 0.5) is 9.93 Å². The molecular weight excluding hydrogens is 324 g/mol. The van der Waals surface area contributed by atoms with Crippen molar-refractivity contribution < 1.29 is 9.90 Å². The van der Waals surface area contributed by atoms with E-state index >= 15 is 0 Å². The Morgan fingerprint density at radius 1 is 1.29 bits per heavy atom. The lowest BCUT2D eigenvalue weighted by atomic mass is 9.80. The normalized spacial score (nSPS) is 16.3. The number of hydrogen-bond acceptors (Lipinski definition) is 5. The van der Waals surface area contributed by atoms with Gasteiger partial charge in [-0.25, -0.2) is 4.79 Å². The zero-order valence-electron chi connectivity index (χ0n) is 13.9. The molecule has 0 unspecified atom stereocenters. The summed E-state index contributed by atoms with van der Waals surface area (Å²) >= 11 is 1.36. The van der Waals surface area contributed by atoms with Crippen LogP contribution in [0.3, 0.4) is 0 Å². The fourth-order valence-electron chi connectivity index (χ4n) is 2.65. The highest BCUT2D eigenvalue weighted by molar-refractivity contribution is 7.15. The summed E-state index contributed by atoms with van der Waals surface area (Å²) in [6.07, 6.45) is 2.48. The number of amides is 2. The van der Waals surface area contributed by atoms with Gasteiger partial charge >= 0.3 is 6.03 Å². The van der Waals surface area contributed by atoms with Crippen molar-refractivity contribution in [2.24, 2.45) is 0 Å². The van der Waals surface area contributed by atoms with E-state index in [-0.39, 0.29) is 18.0 Å². The van der Waals surface area contributed by atoms with Crippen molar-refractivity contribution in [2.45, 2.75) is 44.1 Å². The first-order chi connectivity index (χ1) is 11.4. The van der Waals surface area contributed by atoms with Crippen LogP contribution in [0.1, 0.15) is 43.7 Å². The average Bonchev–Trinajstić information content (AvgIpc) is 3.01. The Morgan fingerprint density at radius 2 is 2.00 bits per heavy atom. The van der Waals surface area contributed by atoms with Crippen molar-refractivity contribution in [3.63, 3.8) is 0 Å². The Morgan fingerprint density at radius 3 is 2.62 bits per heavy atom. The maximum atomic E-state index is 11.9. The van der Waals surface area contributed by atoms with Crippen molar-refractivity contribution in [3.8, 4) is 0 Å².